The van der Waals surface area contributed by atoms with Gasteiger partial charge in [-0.2, -0.15) is 0 Å². The molecule has 0 unspecified atom stereocenters. The molecule has 3 atom stereocenters. The zero-order valence-electron chi connectivity index (χ0n) is 19.8. The fourth-order valence-corrected chi connectivity index (χ4v) is 6.67. The standard InChI is InChI=1S/C23H24ClF3N4O4S.ClH/c1-13-10-15(8-9-36(13,33)34)31-19(32)11-22(2,30-21(31)28)17-5-3-4-16(20(17)24)14-6-7-18(29-12-14)35-23(25,26)27;/h3-7,12-13,15H,8-11H2,1-2H3,(H2,28,30);1H/t13-,15-,22-;/m0./s1. The van der Waals surface area contributed by atoms with E-state index in [1.54, 1.807) is 32.0 Å². The molecule has 14 heteroatoms. The van der Waals surface area contributed by atoms with E-state index < -0.39 is 38.9 Å². The summed E-state index contributed by atoms with van der Waals surface area (Å²) in [6.45, 7) is 3.34. The number of carbonyl (C=O) groups excluding carboxylic acids is 1. The van der Waals surface area contributed by atoms with Crippen molar-refractivity contribution in [2.24, 2.45) is 0 Å². The van der Waals surface area contributed by atoms with Crippen LogP contribution < -0.4 is 10.1 Å². The summed E-state index contributed by atoms with van der Waals surface area (Å²) in [6.07, 6.45) is -3.17. The van der Waals surface area contributed by atoms with Crippen LogP contribution in [-0.2, 0) is 20.2 Å². The number of rotatable bonds is 4. The van der Waals surface area contributed by atoms with Crippen molar-refractivity contribution in [1.82, 2.24) is 15.2 Å². The molecule has 2 saturated heterocycles. The Bertz CT molecular complexity index is 1290. The lowest BCUT2D eigenvalue weighted by Crippen LogP contribution is -2.63. The van der Waals surface area contributed by atoms with Gasteiger partial charge in [-0.25, -0.2) is 13.4 Å². The highest BCUT2D eigenvalue weighted by molar-refractivity contribution is 7.92. The Morgan fingerprint density at radius 3 is 2.54 bits per heavy atom. The maximum Gasteiger partial charge on any atom is 0.574 e. The highest BCUT2D eigenvalue weighted by Gasteiger charge is 2.45. The summed E-state index contributed by atoms with van der Waals surface area (Å²) in [6, 6.07) is 7.14. The molecular weight excluding hydrogens is 556 g/mol. The van der Waals surface area contributed by atoms with Gasteiger partial charge in [-0.1, -0.05) is 29.8 Å². The Kier molecular flexibility index (Phi) is 8.07. The number of nitrogens with zero attached hydrogens (tertiary/aromatic N) is 2. The van der Waals surface area contributed by atoms with Gasteiger partial charge in [0.1, 0.15) is 0 Å². The normalized spacial score (nSPS) is 25.7. The predicted molar refractivity (Wildman–Crippen MR) is 135 cm³/mol. The summed E-state index contributed by atoms with van der Waals surface area (Å²) in [5, 5.41) is 11.3. The second kappa shape index (κ2) is 10.3. The van der Waals surface area contributed by atoms with E-state index >= 15 is 0 Å². The molecule has 2 aliphatic heterocycles. The molecule has 1 amide bonds. The van der Waals surface area contributed by atoms with Crippen molar-refractivity contribution >= 4 is 45.7 Å². The summed E-state index contributed by atoms with van der Waals surface area (Å²) in [7, 11) is -3.20. The van der Waals surface area contributed by atoms with Crippen LogP contribution in [0.1, 0.15) is 38.7 Å². The molecule has 1 aromatic carbocycles. The van der Waals surface area contributed by atoms with Crippen LogP contribution >= 0.6 is 24.0 Å². The Morgan fingerprint density at radius 1 is 1.27 bits per heavy atom. The monoisotopic (exact) mass is 580 g/mol. The number of amides is 1. The minimum Gasteiger partial charge on any atom is -0.388 e. The van der Waals surface area contributed by atoms with Crippen LogP contribution in [-0.4, -0.2) is 53.6 Å². The van der Waals surface area contributed by atoms with E-state index in [4.69, 9.17) is 17.0 Å². The minimum atomic E-state index is -4.86. The highest BCUT2D eigenvalue weighted by atomic mass is 35.5. The molecule has 2 N–H and O–H groups in total. The largest absolute Gasteiger partial charge is 0.574 e. The van der Waals surface area contributed by atoms with Gasteiger partial charge >= 0.3 is 6.36 Å². The third-order valence-electron chi connectivity index (χ3n) is 6.59. The summed E-state index contributed by atoms with van der Waals surface area (Å²) >= 11 is 6.70. The third-order valence-corrected chi connectivity index (χ3v) is 9.22. The number of guanidine groups is 1. The number of carbonyl (C=O) groups is 1. The Morgan fingerprint density at radius 2 is 1.97 bits per heavy atom. The number of hydrogen-bond donors (Lipinski definition) is 2. The molecule has 202 valence electrons. The van der Waals surface area contributed by atoms with E-state index in [0.29, 0.717) is 16.7 Å². The zero-order valence-corrected chi connectivity index (χ0v) is 22.2. The maximum atomic E-state index is 13.2. The molecule has 0 saturated carbocycles. The van der Waals surface area contributed by atoms with Crippen molar-refractivity contribution in [3.63, 3.8) is 0 Å². The van der Waals surface area contributed by atoms with Gasteiger partial charge in [-0.05, 0) is 38.3 Å². The first-order valence-corrected chi connectivity index (χ1v) is 13.2. The molecule has 0 aliphatic carbocycles. The molecule has 37 heavy (non-hydrogen) atoms. The second-order valence-corrected chi connectivity index (χ2v) is 12.1. The molecule has 3 heterocycles. The molecule has 0 radical (unpaired) electrons. The number of ether oxygens (including phenoxy) is 1. The van der Waals surface area contributed by atoms with E-state index in [9.17, 15) is 26.4 Å². The number of sulfone groups is 1. The number of nitrogens with one attached hydrogen (secondary N) is 2. The number of benzene rings is 1. The van der Waals surface area contributed by atoms with Gasteiger partial charge in [0.2, 0.25) is 11.8 Å². The van der Waals surface area contributed by atoms with Gasteiger partial charge in [0, 0.05) is 29.4 Å². The summed E-state index contributed by atoms with van der Waals surface area (Å²) in [5.74, 6) is -1.11. The molecule has 8 nitrogen and oxygen atoms in total. The van der Waals surface area contributed by atoms with Gasteiger partial charge in [0.15, 0.2) is 15.8 Å². The lowest BCUT2D eigenvalue weighted by molar-refractivity contribution is -0.276. The van der Waals surface area contributed by atoms with Crippen LogP contribution in [0.3, 0.4) is 0 Å². The van der Waals surface area contributed by atoms with E-state index in [0.717, 1.165) is 6.07 Å². The first kappa shape index (κ1) is 29.0. The topological polar surface area (TPSA) is 112 Å². The van der Waals surface area contributed by atoms with E-state index in [2.05, 4.69) is 15.0 Å². The van der Waals surface area contributed by atoms with Gasteiger partial charge in [-0.3, -0.25) is 15.1 Å². The van der Waals surface area contributed by atoms with Gasteiger partial charge < -0.3 is 10.1 Å². The van der Waals surface area contributed by atoms with Crippen LogP contribution in [0.4, 0.5) is 13.2 Å². The maximum absolute atomic E-state index is 13.2. The van der Waals surface area contributed by atoms with Crippen LogP contribution in [0, 0.1) is 5.41 Å². The molecule has 2 aliphatic rings. The summed E-state index contributed by atoms with van der Waals surface area (Å²) in [4.78, 5) is 18.2. The Labute approximate surface area is 223 Å². The molecule has 0 spiro atoms. The van der Waals surface area contributed by atoms with E-state index in [-0.39, 0.29) is 54.3 Å². The quantitative estimate of drug-likeness (QED) is 0.544. The molecule has 2 aromatic rings. The van der Waals surface area contributed by atoms with Gasteiger partial charge in [-0.15, -0.1) is 25.6 Å². The Balaban J connectivity index is 0.00000380. The smallest absolute Gasteiger partial charge is 0.388 e. The summed E-state index contributed by atoms with van der Waals surface area (Å²) < 4.78 is 65.2. The Hall–Kier alpha value is -2.57. The molecule has 0 bridgehead atoms. The number of hydrogen-bond acceptors (Lipinski definition) is 6. The fourth-order valence-electron chi connectivity index (χ4n) is 4.71. The van der Waals surface area contributed by atoms with Gasteiger partial charge in [0.25, 0.3) is 0 Å². The van der Waals surface area contributed by atoms with Crippen molar-refractivity contribution in [2.45, 2.75) is 56.3 Å². The first-order chi connectivity index (χ1) is 16.7. The number of pyridine rings is 1. The zero-order chi connectivity index (χ0) is 26.5. The average molecular weight is 581 g/mol. The first-order valence-electron chi connectivity index (χ1n) is 11.1. The third kappa shape index (κ3) is 5.96. The predicted octanol–water partition coefficient (Wildman–Crippen LogP) is 4.66. The highest BCUT2D eigenvalue weighted by Crippen LogP contribution is 2.40. The van der Waals surface area contributed by atoms with Crippen LogP contribution in [0.15, 0.2) is 36.5 Å². The van der Waals surface area contributed by atoms with Crippen LogP contribution in [0.25, 0.3) is 11.1 Å². The lowest BCUT2D eigenvalue weighted by atomic mass is 9.84. The second-order valence-electron chi connectivity index (χ2n) is 9.20. The number of halogens is 5. The number of alkyl halides is 3. The minimum absolute atomic E-state index is 0. The molecule has 2 fully saturated rings. The lowest BCUT2D eigenvalue weighted by Gasteiger charge is -2.45. The molecular formula is C23H25Cl2F3N4O4S. The summed E-state index contributed by atoms with van der Waals surface area (Å²) in [5.41, 5.74) is 0.401. The fraction of sp³-hybridized carbons (Fsp3) is 0.435. The molecule has 4 rings (SSSR count). The van der Waals surface area contributed by atoms with Crippen molar-refractivity contribution in [2.75, 3.05) is 5.75 Å². The van der Waals surface area contributed by atoms with Crippen LogP contribution in [0.5, 0.6) is 5.88 Å². The van der Waals surface area contributed by atoms with Gasteiger partial charge in [0.05, 0.1) is 28.0 Å². The molecule has 1 aromatic heterocycles. The van der Waals surface area contributed by atoms with E-state index in [1.807, 2.05) is 0 Å². The van der Waals surface area contributed by atoms with E-state index in [1.165, 1.54) is 17.2 Å². The van der Waals surface area contributed by atoms with Crippen LogP contribution in [0.2, 0.25) is 5.02 Å². The van der Waals surface area contributed by atoms with Crippen molar-refractivity contribution < 1.29 is 31.1 Å². The average Bonchev–Trinajstić information content (AvgIpc) is 2.75. The van der Waals surface area contributed by atoms with Crippen molar-refractivity contribution in [3.05, 3.63) is 47.1 Å². The van der Waals surface area contributed by atoms with Crippen molar-refractivity contribution in [1.29, 1.82) is 5.41 Å². The van der Waals surface area contributed by atoms with Crippen molar-refractivity contribution in [3.8, 4) is 17.0 Å². The SMILES string of the molecule is C[C@H]1C[C@@H](N2C(=N)N[C@](C)(c3cccc(-c4ccc(OC(F)(F)F)nc4)c3Cl)CC2=O)CCS1(=O)=O.Cl. The number of aromatic nitrogens is 1.